The second kappa shape index (κ2) is 8.21. The maximum absolute atomic E-state index is 13.1. The summed E-state index contributed by atoms with van der Waals surface area (Å²) in [6.07, 6.45) is 0. The lowest BCUT2D eigenvalue weighted by Crippen LogP contribution is -2.29. The van der Waals surface area contributed by atoms with Gasteiger partial charge in [-0.25, -0.2) is 9.97 Å². The Morgan fingerprint density at radius 3 is 2.18 bits per heavy atom. The molecule has 0 saturated heterocycles. The van der Waals surface area contributed by atoms with E-state index in [4.69, 9.17) is 0 Å². The molecule has 1 N–H and O–H groups in total. The van der Waals surface area contributed by atoms with Gasteiger partial charge >= 0.3 is 0 Å². The third kappa shape index (κ3) is 5.16. The summed E-state index contributed by atoms with van der Waals surface area (Å²) in [7, 11) is 1.79. The van der Waals surface area contributed by atoms with Gasteiger partial charge in [0.2, 0.25) is 0 Å². The largest absolute Gasteiger partial charge is 0.365 e. The van der Waals surface area contributed by atoms with Crippen molar-refractivity contribution in [2.75, 3.05) is 12.4 Å². The zero-order valence-corrected chi connectivity index (χ0v) is 16.8. The van der Waals surface area contributed by atoms with Gasteiger partial charge in [0.25, 0.3) is 5.91 Å². The van der Waals surface area contributed by atoms with Gasteiger partial charge < -0.3 is 10.2 Å². The van der Waals surface area contributed by atoms with E-state index in [1.165, 1.54) is 0 Å². The normalized spacial score (nSPS) is 11.1. The number of nitrogens with zero attached hydrogens (tertiary/aromatic N) is 3. The first-order chi connectivity index (χ1) is 13.3. The summed E-state index contributed by atoms with van der Waals surface area (Å²) in [5, 5.41) is 3.35. The average Bonchev–Trinajstić information content (AvgIpc) is 2.67. The fraction of sp³-hybridized carbons (Fsp3) is 0.261. The summed E-state index contributed by atoms with van der Waals surface area (Å²) in [6, 6.07) is 21.3. The van der Waals surface area contributed by atoms with Crippen LogP contribution in [0.1, 0.15) is 36.8 Å². The van der Waals surface area contributed by atoms with E-state index in [0.29, 0.717) is 23.9 Å². The van der Waals surface area contributed by atoms with Crippen LogP contribution in [0.2, 0.25) is 0 Å². The fourth-order valence-electron chi connectivity index (χ4n) is 2.85. The fourth-order valence-corrected chi connectivity index (χ4v) is 2.85. The molecule has 1 heterocycles. The van der Waals surface area contributed by atoms with Crippen molar-refractivity contribution in [1.82, 2.24) is 14.9 Å². The third-order valence-electron chi connectivity index (χ3n) is 4.09. The van der Waals surface area contributed by atoms with Gasteiger partial charge in [0.15, 0.2) is 5.82 Å². The summed E-state index contributed by atoms with van der Waals surface area (Å²) in [5.41, 5.74) is 2.14. The van der Waals surface area contributed by atoms with E-state index < -0.39 is 0 Å². The van der Waals surface area contributed by atoms with Crippen LogP contribution in [0.25, 0.3) is 11.4 Å². The van der Waals surface area contributed by atoms with Crippen molar-refractivity contribution in [3.05, 3.63) is 78.0 Å². The smallest absolute Gasteiger partial charge is 0.272 e. The lowest BCUT2D eigenvalue weighted by atomic mass is 10.1. The van der Waals surface area contributed by atoms with Gasteiger partial charge in [-0.15, -0.1) is 0 Å². The predicted molar refractivity (Wildman–Crippen MR) is 113 cm³/mol. The number of hydrogen-bond acceptors (Lipinski definition) is 4. The van der Waals surface area contributed by atoms with Crippen LogP contribution in [0.3, 0.4) is 0 Å². The van der Waals surface area contributed by atoms with Crippen LogP contribution in [0.4, 0.5) is 5.82 Å². The SMILES string of the molecule is CN(Cc1ccccc1)C(=O)c1cc(NC(C)(C)C)nc(-c2ccccc2)n1. The highest BCUT2D eigenvalue weighted by Crippen LogP contribution is 2.21. The molecule has 1 amide bonds. The molecule has 3 aromatic rings. The molecular formula is C23H26N4O. The summed E-state index contributed by atoms with van der Waals surface area (Å²) in [6.45, 7) is 6.69. The molecule has 0 unspecified atom stereocenters. The molecule has 0 atom stereocenters. The lowest BCUT2D eigenvalue weighted by molar-refractivity contribution is 0.0779. The molecule has 3 rings (SSSR count). The number of amides is 1. The van der Waals surface area contributed by atoms with Gasteiger partial charge in [0.1, 0.15) is 11.5 Å². The summed E-state index contributed by atoms with van der Waals surface area (Å²) in [5.74, 6) is 1.03. The summed E-state index contributed by atoms with van der Waals surface area (Å²) >= 11 is 0. The maximum Gasteiger partial charge on any atom is 0.272 e. The van der Waals surface area contributed by atoms with E-state index in [-0.39, 0.29) is 11.4 Å². The van der Waals surface area contributed by atoms with Crippen LogP contribution in [0, 0.1) is 0 Å². The number of hydrogen-bond donors (Lipinski definition) is 1. The second-order valence-electron chi connectivity index (χ2n) is 7.85. The Balaban J connectivity index is 1.94. The molecule has 0 aliphatic rings. The van der Waals surface area contributed by atoms with Crippen LogP contribution in [-0.4, -0.2) is 33.4 Å². The molecule has 144 valence electrons. The van der Waals surface area contributed by atoms with E-state index in [1.54, 1.807) is 18.0 Å². The predicted octanol–water partition coefficient (Wildman–Crippen LogP) is 4.63. The van der Waals surface area contributed by atoms with Crippen molar-refractivity contribution in [2.45, 2.75) is 32.9 Å². The van der Waals surface area contributed by atoms with E-state index in [2.05, 4.69) is 36.1 Å². The van der Waals surface area contributed by atoms with E-state index >= 15 is 0 Å². The minimum Gasteiger partial charge on any atom is -0.365 e. The highest BCUT2D eigenvalue weighted by molar-refractivity contribution is 5.93. The Morgan fingerprint density at radius 1 is 0.964 bits per heavy atom. The molecule has 2 aromatic carbocycles. The Labute approximate surface area is 166 Å². The van der Waals surface area contributed by atoms with E-state index in [1.807, 2.05) is 60.7 Å². The zero-order valence-electron chi connectivity index (χ0n) is 16.8. The van der Waals surface area contributed by atoms with Crippen molar-refractivity contribution in [3.8, 4) is 11.4 Å². The number of anilines is 1. The molecule has 5 heteroatoms. The van der Waals surface area contributed by atoms with Crippen molar-refractivity contribution >= 4 is 11.7 Å². The molecule has 1 aromatic heterocycles. The number of carbonyl (C=O) groups is 1. The highest BCUT2D eigenvalue weighted by atomic mass is 16.2. The molecular weight excluding hydrogens is 348 g/mol. The van der Waals surface area contributed by atoms with Gasteiger partial charge in [-0.3, -0.25) is 4.79 Å². The molecule has 28 heavy (non-hydrogen) atoms. The lowest BCUT2D eigenvalue weighted by Gasteiger charge is -2.23. The Morgan fingerprint density at radius 2 is 1.57 bits per heavy atom. The Bertz CT molecular complexity index is 934. The highest BCUT2D eigenvalue weighted by Gasteiger charge is 2.19. The standard InChI is InChI=1S/C23H26N4O/c1-23(2,3)26-20-15-19(24-21(25-20)18-13-9-6-10-14-18)22(28)27(4)16-17-11-7-5-8-12-17/h5-15H,16H2,1-4H3,(H,24,25,26). The van der Waals surface area contributed by atoms with Gasteiger partial charge in [-0.1, -0.05) is 60.7 Å². The minimum atomic E-state index is -0.182. The van der Waals surface area contributed by atoms with Crippen LogP contribution in [0.5, 0.6) is 0 Å². The maximum atomic E-state index is 13.1. The van der Waals surface area contributed by atoms with Crippen LogP contribution < -0.4 is 5.32 Å². The first kappa shape index (κ1) is 19.5. The quantitative estimate of drug-likeness (QED) is 0.708. The van der Waals surface area contributed by atoms with Gasteiger partial charge in [-0.05, 0) is 26.3 Å². The average molecular weight is 374 g/mol. The van der Waals surface area contributed by atoms with Gasteiger partial charge in [0.05, 0.1) is 0 Å². The second-order valence-corrected chi connectivity index (χ2v) is 7.85. The van der Waals surface area contributed by atoms with E-state index in [0.717, 1.165) is 11.1 Å². The molecule has 0 spiro atoms. The number of rotatable bonds is 5. The van der Waals surface area contributed by atoms with Gasteiger partial charge in [0, 0.05) is 30.8 Å². The Hall–Kier alpha value is -3.21. The molecule has 0 aliphatic heterocycles. The monoisotopic (exact) mass is 374 g/mol. The molecule has 5 nitrogen and oxygen atoms in total. The van der Waals surface area contributed by atoms with Gasteiger partial charge in [-0.2, -0.15) is 0 Å². The number of aromatic nitrogens is 2. The van der Waals surface area contributed by atoms with Crippen LogP contribution in [0.15, 0.2) is 66.7 Å². The summed E-state index contributed by atoms with van der Waals surface area (Å²) < 4.78 is 0. The van der Waals surface area contributed by atoms with E-state index in [9.17, 15) is 4.79 Å². The molecule has 0 saturated carbocycles. The molecule has 0 radical (unpaired) electrons. The van der Waals surface area contributed by atoms with Crippen LogP contribution in [-0.2, 0) is 6.54 Å². The minimum absolute atomic E-state index is 0.139. The van der Waals surface area contributed by atoms with Crippen molar-refractivity contribution in [2.24, 2.45) is 0 Å². The van der Waals surface area contributed by atoms with Crippen LogP contribution >= 0.6 is 0 Å². The first-order valence-electron chi connectivity index (χ1n) is 9.34. The third-order valence-corrected chi connectivity index (χ3v) is 4.09. The topological polar surface area (TPSA) is 58.1 Å². The molecule has 0 fully saturated rings. The Kier molecular flexibility index (Phi) is 5.73. The number of nitrogens with one attached hydrogen (secondary N) is 1. The van der Waals surface area contributed by atoms with Crippen molar-refractivity contribution < 1.29 is 4.79 Å². The number of benzene rings is 2. The first-order valence-corrected chi connectivity index (χ1v) is 9.34. The van der Waals surface area contributed by atoms with Crippen molar-refractivity contribution in [1.29, 1.82) is 0 Å². The molecule has 0 bridgehead atoms. The number of carbonyl (C=O) groups excluding carboxylic acids is 1. The molecule has 0 aliphatic carbocycles. The van der Waals surface area contributed by atoms with Crippen molar-refractivity contribution in [3.63, 3.8) is 0 Å². The summed E-state index contributed by atoms with van der Waals surface area (Å²) in [4.78, 5) is 23.9. The zero-order chi connectivity index (χ0) is 20.1.